The van der Waals surface area contributed by atoms with Crippen molar-refractivity contribution in [2.45, 2.75) is 26.7 Å². The summed E-state index contributed by atoms with van der Waals surface area (Å²) in [5.41, 5.74) is 7.15. The van der Waals surface area contributed by atoms with Crippen LogP contribution in [0, 0.1) is 19.8 Å². The first-order valence-corrected chi connectivity index (χ1v) is 10.4. The Morgan fingerprint density at radius 1 is 1.14 bits per heavy atom. The Bertz CT molecular complexity index is 956. The molecule has 7 heteroatoms. The van der Waals surface area contributed by atoms with Gasteiger partial charge in [-0.25, -0.2) is 0 Å². The zero-order valence-electron chi connectivity index (χ0n) is 16.6. The second kappa shape index (κ2) is 9.05. The van der Waals surface area contributed by atoms with E-state index in [1.807, 2.05) is 38.1 Å². The van der Waals surface area contributed by atoms with E-state index in [0.717, 1.165) is 10.4 Å². The van der Waals surface area contributed by atoms with E-state index in [4.69, 9.17) is 5.73 Å². The number of hydrogen-bond acceptors (Lipinski definition) is 4. The van der Waals surface area contributed by atoms with Crippen molar-refractivity contribution in [2.75, 3.05) is 18.4 Å². The first kappa shape index (κ1) is 20.8. The number of nitrogens with zero attached hydrogens (tertiary/aromatic N) is 1. The van der Waals surface area contributed by atoms with Gasteiger partial charge in [-0.3, -0.25) is 14.4 Å². The third kappa shape index (κ3) is 5.12. The summed E-state index contributed by atoms with van der Waals surface area (Å²) in [6, 6.07) is 9.36. The lowest BCUT2D eigenvalue weighted by Crippen LogP contribution is -2.42. The molecule has 0 aliphatic carbocycles. The standard InChI is InChI=1S/C22H25N3O3S/c1-14-4-3-5-18(24-19(26)9-8-17-7-6-15(2)29-17)20(14)22(28)25-12-10-16(11-13-25)21(23)27/h3-9,16H,10-13H2,1-2H3,(H2,23,27)(H,24,26). The lowest BCUT2D eigenvalue weighted by Gasteiger charge is -2.31. The highest BCUT2D eigenvalue weighted by Gasteiger charge is 2.28. The van der Waals surface area contributed by atoms with Gasteiger partial charge in [0, 0.05) is 34.8 Å². The summed E-state index contributed by atoms with van der Waals surface area (Å²) in [5, 5.41) is 2.83. The molecule has 0 saturated carbocycles. The normalized spacial score (nSPS) is 14.9. The molecule has 6 nitrogen and oxygen atoms in total. The molecule has 1 aromatic carbocycles. The molecule has 0 bridgehead atoms. The lowest BCUT2D eigenvalue weighted by molar-refractivity contribution is -0.123. The molecule has 2 heterocycles. The molecule has 1 aromatic heterocycles. The third-order valence-electron chi connectivity index (χ3n) is 5.09. The zero-order chi connectivity index (χ0) is 21.0. The van der Waals surface area contributed by atoms with Gasteiger partial charge in [0.2, 0.25) is 11.8 Å². The number of carbonyl (C=O) groups excluding carboxylic acids is 3. The fourth-order valence-electron chi connectivity index (χ4n) is 3.46. The molecule has 1 fully saturated rings. The van der Waals surface area contributed by atoms with Gasteiger partial charge in [-0.15, -0.1) is 11.3 Å². The molecule has 0 spiro atoms. The van der Waals surface area contributed by atoms with Gasteiger partial charge < -0.3 is 16.0 Å². The quantitative estimate of drug-likeness (QED) is 0.739. The van der Waals surface area contributed by atoms with Crippen molar-refractivity contribution in [1.29, 1.82) is 0 Å². The van der Waals surface area contributed by atoms with Crippen LogP contribution in [-0.4, -0.2) is 35.7 Å². The number of benzene rings is 1. The van der Waals surface area contributed by atoms with Crippen LogP contribution in [0.1, 0.15) is 38.5 Å². The average Bonchev–Trinajstić information content (AvgIpc) is 3.11. The fraction of sp³-hybridized carbons (Fsp3) is 0.318. The number of nitrogens with one attached hydrogen (secondary N) is 1. The van der Waals surface area contributed by atoms with Crippen molar-refractivity contribution >= 4 is 40.8 Å². The Balaban J connectivity index is 1.73. The number of carbonyl (C=O) groups is 3. The maximum absolute atomic E-state index is 13.1. The molecular formula is C22H25N3O3S. The van der Waals surface area contributed by atoms with E-state index in [0.29, 0.717) is 37.2 Å². The van der Waals surface area contributed by atoms with Crippen molar-refractivity contribution < 1.29 is 14.4 Å². The van der Waals surface area contributed by atoms with E-state index in [2.05, 4.69) is 5.32 Å². The van der Waals surface area contributed by atoms with Gasteiger partial charge in [0.15, 0.2) is 0 Å². The fourth-order valence-corrected chi connectivity index (χ4v) is 4.24. The predicted molar refractivity (Wildman–Crippen MR) is 116 cm³/mol. The van der Waals surface area contributed by atoms with Crippen LogP contribution in [0.25, 0.3) is 6.08 Å². The summed E-state index contributed by atoms with van der Waals surface area (Å²) in [6.07, 6.45) is 4.37. The number of amides is 3. The molecule has 1 saturated heterocycles. The van der Waals surface area contributed by atoms with Crippen molar-refractivity contribution in [2.24, 2.45) is 11.7 Å². The first-order valence-electron chi connectivity index (χ1n) is 9.59. The Morgan fingerprint density at radius 3 is 2.48 bits per heavy atom. The zero-order valence-corrected chi connectivity index (χ0v) is 17.4. The lowest BCUT2D eigenvalue weighted by atomic mass is 9.95. The number of thiophene rings is 1. The maximum atomic E-state index is 13.1. The highest BCUT2D eigenvalue weighted by Crippen LogP contribution is 2.25. The number of likely N-dealkylation sites (tertiary alicyclic amines) is 1. The first-order chi connectivity index (χ1) is 13.8. The number of aryl methyl sites for hydroxylation is 2. The number of rotatable bonds is 5. The number of primary amides is 1. The molecule has 0 atom stereocenters. The van der Waals surface area contributed by atoms with Crippen LogP contribution in [-0.2, 0) is 9.59 Å². The van der Waals surface area contributed by atoms with Crippen molar-refractivity contribution in [3.63, 3.8) is 0 Å². The van der Waals surface area contributed by atoms with Crippen molar-refractivity contribution in [3.05, 3.63) is 57.3 Å². The van der Waals surface area contributed by atoms with E-state index < -0.39 is 0 Å². The van der Waals surface area contributed by atoms with Crippen molar-refractivity contribution in [1.82, 2.24) is 4.90 Å². The van der Waals surface area contributed by atoms with E-state index in [-0.39, 0.29) is 23.6 Å². The molecule has 3 amide bonds. The van der Waals surface area contributed by atoms with Crippen LogP contribution in [0.4, 0.5) is 5.69 Å². The number of hydrogen-bond donors (Lipinski definition) is 2. The van der Waals surface area contributed by atoms with Gasteiger partial charge in [-0.2, -0.15) is 0 Å². The van der Waals surface area contributed by atoms with Crippen LogP contribution in [0.3, 0.4) is 0 Å². The summed E-state index contributed by atoms with van der Waals surface area (Å²) in [4.78, 5) is 40.8. The summed E-state index contributed by atoms with van der Waals surface area (Å²) in [7, 11) is 0. The number of piperidine rings is 1. The number of nitrogens with two attached hydrogens (primary N) is 1. The molecular weight excluding hydrogens is 386 g/mol. The molecule has 29 heavy (non-hydrogen) atoms. The SMILES string of the molecule is Cc1ccc(C=CC(=O)Nc2cccc(C)c2C(=O)N2CCC(C(N)=O)CC2)s1. The summed E-state index contributed by atoms with van der Waals surface area (Å²) >= 11 is 1.61. The van der Waals surface area contributed by atoms with E-state index in [1.165, 1.54) is 11.0 Å². The second-order valence-electron chi connectivity index (χ2n) is 7.24. The van der Waals surface area contributed by atoms with Crippen LogP contribution in [0.2, 0.25) is 0 Å². The molecule has 1 aliphatic rings. The minimum Gasteiger partial charge on any atom is -0.369 e. The Labute approximate surface area is 174 Å². The van der Waals surface area contributed by atoms with Crippen LogP contribution < -0.4 is 11.1 Å². The summed E-state index contributed by atoms with van der Waals surface area (Å²) < 4.78 is 0. The monoisotopic (exact) mass is 411 g/mol. The minimum absolute atomic E-state index is 0.140. The molecule has 3 rings (SSSR count). The highest BCUT2D eigenvalue weighted by molar-refractivity contribution is 7.12. The molecule has 0 radical (unpaired) electrons. The van der Waals surface area contributed by atoms with E-state index in [1.54, 1.807) is 28.4 Å². The van der Waals surface area contributed by atoms with Crippen molar-refractivity contribution in [3.8, 4) is 0 Å². The Hall–Kier alpha value is -2.93. The Kier molecular flexibility index (Phi) is 6.49. The third-order valence-corrected chi connectivity index (χ3v) is 6.06. The van der Waals surface area contributed by atoms with Gasteiger partial charge >= 0.3 is 0 Å². The Morgan fingerprint density at radius 2 is 1.86 bits per heavy atom. The molecule has 2 aromatic rings. The topological polar surface area (TPSA) is 92.5 Å². The van der Waals surface area contributed by atoms with Gasteiger partial charge in [0.1, 0.15) is 0 Å². The largest absolute Gasteiger partial charge is 0.369 e. The van der Waals surface area contributed by atoms with E-state index >= 15 is 0 Å². The predicted octanol–water partition coefficient (Wildman–Crippen LogP) is 3.35. The van der Waals surface area contributed by atoms with Gasteiger partial charge in [-0.05, 0) is 56.5 Å². The van der Waals surface area contributed by atoms with Crippen LogP contribution >= 0.6 is 11.3 Å². The van der Waals surface area contributed by atoms with Gasteiger partial charge in [-0.1, -0.05) is 12.1 Å². The highest BCUT2D eigenvalue weighted by atomic mass is 32.1. The van der Waals surface area contributed by atoms with E-state index in [9.17, 15) is 14.4 Å². The molecule has 1 aliphatic heterocycles. The van der Waals surface area contributed by atoms with Gasteiger partial charge in [0.05, 0.1) is 11.3 Å². The molecule has 0 unspecified atom stereocenters. The average molecular weight is 412 g/mol. The second-order valence-corrected chi connectivity index (χ2v) is 8.56. The molecule has 3 N–H and O–H groups in total. The summed E-state index contributed by atoms with van der Waals surface area (Å²) in [5.74, 6) is -0.919. The van der Waals surface area contributed by atoms with Crippen LogP contribution in [0.5, 0.6) is 0 Å². The molecule has 152 valence electrons. The maximum Gasteiger partial charge on any atom is 0.256 e. The van der Waals surface area contributed by atoms with Crippen LogP contribution in [0.15, 0.2) is 36.4 Å². The summed E-state index contributed by atoms with van der Waals surface area (Å²) in [6.45, 7) is 4.82. The number of anilines is 1. The smallest absolute Gasteiger partial charge is 0.256 e. The minimum atomic E-state index is -0.311. The van der Waals surface area contributed by atoms with Gasteiger partial charge in [0.25, 0.3) is 5.91 Å².